The van der Waals surface area contributed by atoms with Crippen LogP contribution in [0.1, 0.15) is 42.5 Å². The number of hydrogen-bond acceptors (Lipinski definition) is 5. The Morgan fingerprint density at radius 3 is 2.72 bits per heavy atom. The minimum absolute atomic E-state index is 0.286. The van der Waals surface area contributed by atoms with Gasteiger partial charge < -0.3 is 14.8 Å². The van der Waals surface area contributed by atoms with Gasteiger partial charge in [-0.1, -0.05) is 12.1 Å². The van der Waals surface area contributed by atoms with Gasteiger partial charge in [0.25, 0.3) is 0 Å². The summed E-state index contributed by atoms with van der Waals surface area (Å²) in [6.45, 7) is 2.48. The van der Waals surface area contributed by atoms with Gasteiger partial charge in [0.2, 0.25) is 0 Å². The van der Waals surface area contributed by atoms with E-state index in [4.69, 9.17) is 14.7 Å². The number of anilines is 1. The fraction of sp³-hybridized carbons (Fsp3) is 0.400. The highest BCUT2D eigenvalue weighted by atomic mass is 16.5. The van der Waals surface area contributed by atoms with Crippen molar-refractivity contribution in [2.45, 2.75) is 45.3 Å². The van der Waals surface area contributed by atoms with Gasteiger partial charge in [-0.2, -0.15) is 5.26 Å². The SMILES string of the molecule is COc1ccc(CNc2ccc(C)c(C#N)n2)cc1OC1CCCC1. The average Bonchev–Trinajstić information content (AvgIpc) is 3.14. The molecule has 1 saturated carbocycles. The number of aromatic nitrogens is 1. The third-order valence-corrected chi connectivity index (χ3v) is 4.50. The molecular weight excluding hydrogens is 314 g/mol. The lowest BCUT2D eigenvalue weighted by Crippen LogP contribution is -2.12. The monoisotopic (exact) mass is 337 g/mol. The molecule has 1 fully saturated rings. The van der Waals surface area contributed by atoms with Gasteiger partial charge in [-0.15, -0.1) is 0 Å². The number of aryl methyl sites for hydroxylation is 1. The van der Waals surface area contributed by atoms with Crippen molar-refractivity contribution in [1.29, 1.82) is 5.26 Å². The van der Waals surface area contributed by atoms with Crippen molar-refractivity contribution in [1.82, 2.24) is 4.98 Å². The molecule has 0 bridgehead atoms. The van der Waals surface area contributed by atoms with Gasteiger partial charge in [0.1, 0.15) is 17.6 Å². The maximum absolute atomic E-state index is 9.09. The summed E-state index contributed by atoms with van der Waals surface area (Å²) in [4.78, 5) is 4.32. The summed E-state index contributed by atoms with van der Waals surface area (Å²) in [7, 11) is 1.66. The Morgan fingerprint density at radius 1 is 1.20 bits per heavy atom. The van der Waals surface area contributed by atoms with Crippen LogP contribution in [0.25, 0.3) is 0 Å². The normalized spacial score (nSPS) is 14.1. The van der Waals surface area contributed by atoms with Gasteiger partial charge >= 0.3 is 0 Å². The molecule has 0 radical (unpaired) electrons. The number of benzene rings is 1. The van der Waals surface area contributed by atoms with E-state index in [-0.39, 0.29) is 6.10 Å². The van der Waals surface area contributed by atoms with Gasteiger partial charge in [0, 0.05) is 6.54 Å². The molecule has 2 aromatic rings. The highest BCUT2D eigenvalue weighted by molar-refractivity contribution is 5.46. The van der Waals surface area contributed by atoms with Crippen LogP contribution in [0.5, 0.6) is 11.5 Å². The molecule has 0 spiro atoms. The number of nitrogens with one attached hydrogen (secondary N) is 1. The lowest BCUT2D eigenvalue weighted by molar-refractivity contribution is 0.200. The van der Waals surface area contributed by atoms with Crippen LogP contribution in [0, 0.1) is 18.3 Å². The fourth-order valence-electron chi connectivity index (χ4n) is 3.04. The molecule has 5 heteroatoms. The summed E-state index contributed by atoms with van der Waals surface area (Å²) in [5, 5.41) is 12.3. The summed E-state index contributed by atoms with van der Waals surface area (Å²) in [6, 6.07) is 11.9. The van der Waals surface area contributed by atoms with E-state index in [2.05, 4.69) is 16.4 Å². The molecule has 0 aliphatic heterocycles. The lowest BCUT2D eigenvalue weighted by atomic mass is 10.2. The number of nitriles is 1. The number of rotatable bonds is 6. The molecule has 0 unspecified atom stereocenters. The molecule has 5 nitrogen and oxygen atoms in total. The molecule has 1 aliphatic carbocycles. The van der Waals surface area contributed by atoms with Crippen LogP contribution in [-0.4, -0.2) is 18.2 Å². The highest BCUT2D eigenvalue weighted by Gasteiger charge is 2.18. The predicted molar refractivity (Wildman–Crippen MR) is 96.9 cm³/mol. The molecule has 1 aromatic carbocycles. The summed E-state index contributed by atoms with van der Waals surface area (Å²) in [5.74, 6) is 2.25. The Labute approximate surface area is 148 Å². The number of pyridine rings is 1. The Kier molecular flexibility index (Phi) is 5.39. The molecular formula is C20H23N3O2. The average molecular weight is 337 g/mol. The second-order valence-electron chi connectivity index (χ2n) is 6.34. The molecule has 1 aromatic heterocycles. The number of nitrogens with zero attached hydrogens (tertiary/aromatic N) is 2. The van der Waals surface area contributed by atoms with Crippen molar-refractivity contribution >= 4 is 5.82 Å². The summed E-state index contributed by atoms with van der Waals surface area (Å²) >= 11 is 0. The Bertz CT molecular complexity index is 777. The molecule has 25 heavy (non-hydrogen) atoms. The minimum Gasteiger partial charge on any atom is -0.493 e. The van der Waals surface area contributed by atoms with Crippen molar-refractivity contribution in [3.05, 3.63) is 47.2 Å². The highest BCUT2D eigenvalue weighted by Crippen LogP contribution is 2.32. The number of methoxy groups -OCH3 is 1. The zero-order valence-corrected chi connectivity index (χ0v) is 14.7. The Hall–Kier alpha value is -2.74. The van der Waals surface area contributed by atoms with Crippen molar-refractivity contribution in [3.63, 3.8) is 0 Å². The molecule has 1 N–H and O–H groups in total. The maximum Gasteiger partial charge on any atom is 0.161 e. The van der Waals surface area contributed by atoms with Crippen molar-refractivity contribution in [2.75, 3.05) is 12.4 Å². The quantitative estimate of drug-likeness (QED) is 0.855. The van der Waals surface area contributed by atoms with Gasteiger partial charge in [-0.25, -0.2) is 4.98 Å². The van der Waals surface area contributed by atoms with Crippen molar-refractivity contribution < 1.29 is 9.47 Å². The smallest absolute Gasteiger partial charge is 0.161 e. The molecule has 1 aliphatic rings. The van der Waals surface area contributed by atoms with Gasteiger partial charge in [-0.3, -0.25) is 0 Å². The van der Waals surface area contributed by atoms with Crippen LogP contribution in [0.15, 0.2) is 30.3 Å². The van der Waals surface area contributed by atoms with E-state index in [0.717, 1.165) is 35.5 Å². The van der Waals surface area contributed by atoms with E-state index in [1.54, 1.807) is 7.11 Å². The van der Waals surface area contributed by atoms with Crippen LogP contribution >= 0.6 is 0 Å². The second-order valence-corrected chi connectivity index (χ2v) is 6.34. The van der Waals surface area contributed by atoms with E-state index < -0.39 is 0 Å². The van der Waals surface area contributed by atoms with E-state index >= 15 is 0 Å². The largest absolute Gasteiger partial charge is 0.493 e. The second kappa shape index (κ2) is 7.89. The van der Waals surface area contributed by atoms with Gasteiger partial charge in [0.05, 0.1) is 13.2 Å². The van der Waals surface area contributed by atoms with E-state index in [0.29, 0.717) is 18.1 Å². The molecule has 3 rings (SSSR count). The minimum atomic E-state index is 0.286. The van der Waals surface area contributed by atoms with E-state index in [1.807, 2.05) is 37.3 Å². The first kappa shape index (κ1) is 17.1. The third-order valence-electron chi connectivity index (χ3n) is 4.50. The van der Waals surface area contributed by atoms with E-state index in [1.165, 1.54) is 12.8 Å². The molecule has 130 valence electrons. The summed E-state index contributed by atoms with van der Waals surface area (Å²) < 4.78 is 11.6. The zero-order valence-electron chi connectivity index (χ0n) is 14.7. The van der Waals surface area contributed by atoms with Crippen molar-refractivity contribution in [3.8, 4) is 17.6 Å². The molecule has 0 saturated heterocycles. The first-order chi connectivity index (χ1) is 12.2. The number of hydrogen-bond donors (Lipinski definition) is 1. The lowest BCUT2D eigenvalue weighted by Gasteiger charge is -2.17. The van der Waals surface area contributed by atoms with Crippen LogP contribution in [0.3, 0.4) is 0 Å². The Balaban J connectivity index is 1.70. The van der Waals surface area contributed by atoms with Crippen LogP contribution in [0.4, 0.5) is 5.82 Å². The fourth-order valence-corrected chi connectivity index (χ4v) is 3.04. The van der Waals surface area contributed by atoms with Gasteiger partial charge in [-0.05, 0) is 61.9 Å². The first-order valence-electron chi connectivity index (χ1n) is 8.65. The van der Waals surface area contributed by atoms with Gasteiger partial charge in [0.15, 0.2) is 11.5 Å². The topological polar surface area (TPSA) is 67.2 Å². The zero-order chi connectivity index (χ0) is 17.6. The molecule has 0 atom stereocenters. The molecule has 0 amide bonds. The maximum atomic E-state index is 9.09. The van der Waals surface area contributed by atoms with Crippen LogP contribution in [0.2, 0.25) is 0 Å². The predicted octanol–water partition coefficient (Wildman–Crippen LogP) is 4.20. The molecule has 1 heterocycles. The summed E-state index contributed by atoms with van der Waals surface area (Å²) in [5.41, 5.74) is 2.41. The van der Waals surface area contributed by atoms with Crippen LogP contribution < -0.4 is 14.8 Å². The number of ether oxygens (including phenoxy) is 2. The Morgan fingerprint density at radius 2 is 2.00 bits per heavy atom. The van der Waals surface area contributed by atoms with Crippen LogP contribution in [-0.2, 0) is 6.54 Å². The van der Waals surface area contributed by atoms with E-state index in [9.17, 15) is 0 Å². The standard InChI is InChI=1S/C20H23N3O2/c1-14-7-10-20(23-17(14)12-21)22-13-15-8-9-18(24-2)19(11-15)25-16-5-3-4-6-16/h7-11,16H,3-6,13H2,1-2H3,(H,22,23). The van der Waals surface area contributed by atoms with Crippen molar-refractivity contribution in [2.24, 2.45) is 0 Å². The summed E-state index contributed by atoms with van der Waals surface area (Å²) in [6.07, 6.45) is 4.96. The first-order valence-corrected chi connectivity index (χ1v) is 8.65. The third kappa shape index (κ3) is 4.21.